The molecule has 4 amide bonds. The molecule has 0 aliphatic carbocycles. The molecule has 0 bridgehead atoms. The molecular formula is C24H20ClN3O5. The molecular weight excluding hydrogens is 446 g/mol. The lowest BCUT2D eigenvalue weighted by atomic mass is 10.1. The third kappa shape index (κ3) is 4.12. The summed E-state index contributed by atoms with van der Waals surface area (Å²) in [6, 6.07) is 11.3. The summed E-state index contributed by atoms with van der Waals surface area (Å²) in [5.41, 5.74) is 1.88. The fourth-order valence-electron chi connectivity index (χ4n) is 3.74. The van der Waals surface area contributed by atoms with Crippen LogP contribution in [-0.2, 0) is 25.7 Å². The summed E-state index contributed by atoms with van der Waals surface area (Å²) < 4.78 is 6.72. The average Bonchev–Trinajstić information content (AvgIpc) is 3.11. The first kappa shape index (κ1) is 22.3. The summed E-state index contributed by atoms with van der Waals surface area (Å²) in [4.78, 5) is 51.3. The van der Waals surface area contributed by atoms with Crippen LogP contribution in [0.2, 0.25) is 5.02 Å². The van der Waals surface area contributed by atoms with E-state index in [-0.39, 0.29) is 24.4 Å². The van der Waals surface area contributed by atoms with Crippen molar-refractivity contribution in [1.29, 1.82) is 0 Å². The number of hydrogen-bond acceptors (Lipinski definition) is 5. The first-order chi connectivity index (χ1) is 15.8. The van der Waals surface area contributed by atoms with Gasteiger partial charge in [-0.3, -0.25) is 19.7 Å². The van der Waals surface area contributed by atoms with Gasteiger partial charge in [0.1, 0.15) is 12.1 Å². The molecule has 1 aromatic heterocycles. The number of halogens is 1. The molecule has 168 valence electrons. The fourth-order valence-corrected chi connectivity index (χ4v) is 3.91. The second kappa shape index (κ2) is 8.91. The molecule has 2 heterocycles. The highest BCUT2D eigenvalue weighted by Crippen LogP contribution is 2.30. The number of amides is 4. The molecule has 33 heavy (non-hydrogen) atoms. The molecule has 9 heteroatoms. The van der Waals surface area contributed by atoms with Crippen LogP contribution in [0.1, 0.15) is 18.1 Å². The van der Waals surface area contributed by atoms with Crippen LogP contribution in [0.5, 0.6) is 0 Å². The number of ether oxygens (including phenoxy) is 1. The predicted octanol–water partition coefficient (Wildman–Crippen LogP) is 3.83. The summed E-state index contributed by atoms with van der Waals surface area (Å²) in [5.74, 6) is -1.98. The maximum atomic E-state index is 13.3. The van der Waals surface area contributed by atoms with Crippen molar-refractivity contribution in [2.75, 3.05) is 11.5 Å². The number of benzene rings is 2. The molecule has 0 saturated carbocycles. The molecule has 1 N–H and O–H groups in total. The van der Waals surface area contributed by atoms with Gasteiger partial charge >= 0.3 is 12.0 Å². The van der Waals surface area contributed by atoms with Crippen LogP contribution < -0.4 is 10.2 Å². The highest BCUT2D eigenvalue weighted by atomic mass is 35.5. The zero-order chi connectivity index (χ0) is 23.7. The largest absolute Gasteiger partial charge is 0.465 e. The van der Waals surface area contributed by atoms with Crippen molar-refractivity contribution in [2.24, 2.45) is 0 Å². The van der Waals surface area contributed by atoms with E-state index in [2.05, 4.69) is 5.32 Å². The van der Waals surface area contributed by atoms with Crippen molar-refractivity contribution in [2.45, 2.75) is 20.4 Å². The lowest BCUT2D eigenvalue weighted by molar-refractivity contribution is -0.143. The van der Waals surface area contributed by atoms with Crippen molar-refractivity contribution in [3.63, 3.8) is 0 Å². The lowest BCUT2D eigenvalue weighted by Gasteiger charge is -2.27. The van der Waals surface area contributed by atoms with Crippen LogP contribution in [0.4, 0.5) is 10.5 Å². The Balaban J connectivity index is 1.79. The van der Waals surface area contributed by atoms with E-state index >= 15 is 0 Å². The molecule has 0 unspecified atom stereocenters. The van der Waals surface area contributed by atoms with Crippen LogP contribution >= 0.6 is 11.6 Å². The van der Waals surface area contributed by atoms with Gasteiger partial charge in [-0.2, -0.15) is 0 Å². The number of aromatic nitrogens is 1. The van der Waals surface area contributed by atoms with E-state index < -0.39 is 23.8 Å². The number of nitrogens with zero attached hydrogens (tertiary/aromatic N) is 2. The van der Waals surface area contributed by atoms with E-state index in [1.54, 1.807) is 42.8 Å². The van der Waals surface area contributed by atoms with Gasteiger partial charge in [0.15, 0.2) is 0 Å². The molecule has 4 rings (SSSR count). The normalized spacial score (nSPS) is 15.3. The summed E-state index contributed by atoms with van der Waals surface area (Å²) in [7, 11) is 0. The minimum atomic E-state index is -0.850. The number of fused-ring (bicyclic) bond motifs is 1. The van der Waals surface area contributed by atoms with Gasteiger partial charge in [-0.25, -0.2) is 9.69 Å². The molecule has 1 aliphatic heterocycles. The van der Waals surface area contributed by atoms with Gasteiger partial charge in [-0.15, -0.1) is 0 Å². The van der Waals surface area contributed by atoms with Crippen molar-refractivity contribution in [1.82, 2.24) is 9.88 Å². The molecule has 2 aromatic carbocycles. The Hall–Kier alpha value is -3.91. The molecule has 0 spiro atoms. The van der Waals surface area contributed by atoms with E-state index in [1.165, 1.54) is 6.08 Å². The standard InChI is InChI=1S/C24H20ClN3O5/c1-3-33-21(29)13-27-12-15(16-7-4-5-9-20(16)27)11-17-22(30)26-24(32)28(23(17)31)19-10-6-8-18(25)14(19)2/h4-12H,3,13H2,1-2H3,(H,26,30,32)/b17-11+. The summed E-state index contributed by atoms with van der Waals surface area (Å²) in [5, 5.41) is 3.33. The Kier molecular flexibility index (Phi) is 6.02. The second-order valence-electron chi connectivity index (χ2n) is 7.38. The van der Waals surface area contributed by atoms with Crippen molar-refractivity contribution >= 4 is 58.1 Å². The van der Waals surface area contributed by atoms with Gasteiger partial charge < -0.3 is 9.30 Å². The number of rotatable bonds is 5. The van der Waals surface area contributed by atoms with E-state index in [0.29, 0.717) is 16.1 Å². The summed E-state index contributed by atoms with van der Waals surface area (Å²) in [6.07, 6.45) is 3.08. The highest BCUT2D eigenvalue weighted by Gasteiger charge is 2.37. The fraction of sp³-hybridized carbons (Fsp3) is 0.167. The summed E-state index contributed by atoms with van der Waals surface area (Å²) in [6.45, 7) is 3.64. The Labute approximate surface area is 194 Å². The van der Waals surface area contributed by atoms with Gasteiger partial charge in [-0.05, 0) is 43.7 Å². The number of barbiturate groups is 1. The smallest absolute Gasteiger partial charge is 0.335 e. The van der Waals surface area contributed by atoms with Gasteiger partial charge in [-0.1, -0.05) is 35.9 Å². The predicted molar refractivity (Wildman–Crippen MR) is 124 cm³/mol. The van der Waals surface area contributed by atoms with E-state index in [0.717, 1.165) is 15.8 Å². The van der Waals surface area contributed by atoms with E-state index in [1.807, 2.05) is 24.3 Å². The number of imide groups is 2. The SMILES string of the molecule is CCOC(=O)Cn1cc(/C=C2\C(=O)NC(=O)N(c3cccc(Cl)c3C)C2=O)c2ccccc21. The molecule has 0 atom stereocenters. The van der Waals surface area contributed by atoms with Gasteiger partial charge in [0.05, 0.1) is 12.3 Å². The van der Waals surface area contributed by atoms with Gasteiger partial charge in [0, 0.05) is 27.7 Å². The number of para-hydroxylation sites is 1. The molecule has 1 saturated heterocycles. The molecule has 8 nitrogen and oxygen atoms in total. The minimum Gasteiger partial charge on any atom is -0.465 e. The first-order valence-corrected chi connectivity index (χ1v) is 10.6. The number of urea groups is 1. The van der Waals surface area contributed by atoms with Gasteiger partial charge in [0.25, 0.3) is 11.8 Å². The maximum absolute atomic E-state index is 13.3. The van der Waals surface area contributed by atoms with Crippen LogP contribution in [0.25, 0.3) is 17.0 Å². The Morgan fingerprint density at radius 3 is 2.64 bits per heavy atom. The van der Waals surface area contributed by atoms with E-state index in [9.17, 15) is 19.2 Å². The molecule has 0 radical (unpaired) electrons. The van der Waals surface area contributed by atoms with Crippen LogP contribution in [0.3, 0.4) is 0 Å². The highest BCUT2D eigenvalue weighted by molar-refractivity contribution is 6.40. The quantitative estimate of drug-likeness (QED) is 0.351. The zero-order valence-corrected chi connectivity index (χ0v) is 18.7. The number of carbonyl (C=O) groups excluding carboxylic acids is 4. The molecule has 1 fully saturated rings. The minimum absolute atomic E-state index is 0.0238. The first-order valence-electron chi connectivity index (χ1n) is 10.2. The monoisotopic (exact) mass is 465 g/mol. The third-order valence-electron chi connectivity index (χ3n) is 5.31. The topological polar surface area (TPSA) is 97.7 Å². The molecule has 3 aromatic rings. The van der Waals surface area contributed by atoms with Crippen LogP contribution in [-0.4, -0.2) is 35.0 Å². The lowest BCUT2D eigenvalue weighted by Crippen LogP contribution is -2.54. The average molecular weight is 466 g/mol. The Morgan fingerprint density at radius 2 is 1.88 bits per heavy atom. The van der Waals surface area contributed by atoms with Crippen molar-refractivity contribution in [3.8, 4) is 0 Å². The zero-order valence-electron chi connectivity index (χ0n) is 17.9. The van der Waals surface area contributed by atoms with Crippen LogP contribution in [0.15, 0.2) is 54.2 Å². The number of hydrogen-bond donors (Lipinski definition) is 1. The van der Waals surface area contributed by atoms with Crippen molar-refractivity contribution in [3.05, 3.63) is 70.4 Å². The maximum Gasteiger partial charge on any atom is 0.335 e. The van der Waals surface area contributed by atoms with E-state index in [4.69, 9.17) is 16.3 Å². The number of nitrogens with one attached hydrogen (secondary N) is 1. The Morgan fingerprint density at radius 1 is 1.12 bits per heavy atom. The Bertz CT molecular complexity index is 1340. The van der Waals surface area contributed by atoms with Crippen molar-refractivity contribution < 1.29 is 23.9 Å². The molecule has 1 aliphatic rings. The van der Waals surface area contributed by atoms with Crippen LogP contribution in [0, 0.1) is 6.92 Å². The number of esters is 1. The third-order valence-corrected chi connectivity index (χ3v) is 5.72. The summed E-state index contributed by atoms with van der Waals surface area (Å²) >= 11 is 6.16. The number of anilines is 1. The van der Waals surface area contributed by atoms with Gasteiger partial charge in [0.2, 0.25) is 0 Å². The second-order valence-corrected chi connectivity index (χ2v) is 7.78. The number of carbonyl (C=O) groups is 4.